The van der Waals surface area contributed by atoms with Crippen LogP contribution in [0, 0.1) is 11.3 Å². The van der Waals surface area contributed by atoms with Crippen LogP contribution >= 0.6 is 0 Å². The topological polar surface area (TPSA) is 87.2 Å². The number of likely N-dealkylation sites (tertiary alicyclic amines) is 1. The number of carbonyl (C=O) groups excluding carboxylic acids is 2. The summed E-state index contributed by atoms with van der Waals surface area (Å²) in [6.45, 7) is 7.30. The molecule has 0 aliphatic carbocycles. The lowest BCUT2D eigenvalue weighted by atomic mass is 9.90. The second-order valence-corrected chi connectivity index (χ2v) is 7.30. The number of ether oxygens (including phenoxy) is 1. The number of amides is 2. The highest BCUT2D eigenvalue weighted by Gasteiger charge is 2.39. The van der Waals surface area contributed by atoms with E-state index < -0.39 is 17.4 Å². The zero-order chi connectivity index (χ0) is 17.2. The van der Waals surface area contributed by atoms with E-state index >= 15 is 0 Å². The first-order valence-corrected chi connectivity index (χ1v) is 8.12. The normalized spacial score (nSPS) is 26.0. The minimum Gasteiger partial charge on any atom is -0.480 e. The summed E-state index contributed by atoms with van der Waals surface area (Å²) < 4.78 is 5.18. The molecule has 0 aromatic heterocycles. The van der Waals surface area contributed by atoms with Crippen molar-refractivity contribution in [1.29, 1.82) is 0 Å². The summed E-state index contributed by atoms with van der Waals surface area (Å²) in [6.07, 6.45) is 1.46. The van der Waals surface area contributed by atoms with Gasteiger partial charge in [-0.3, -0.25) is 9.59 Å². The maximum Gasteiger partial charge on any atom is 0.328 e. The lowest BCUT2D eigenvalue weighted by molar-refractivity contribution is -0.162. The number of hydrogen-bond donors (Lipinski definition) is 1. The van der Waals surface area contributed by atoms with Crippen molar-refractivity contribution < 1.29 is 24.2 Å². The van der Waals surface area contributed by atoms with Crippen LogP contribution in [0.4, 0.5) is 0 Å². The Kier molecular flexibility index (Phi) is 5.29. The molecule has 0 spiro atoms. The summed E-state index contributed by atoms with van der Waals surface area (Å²) in [5.74, 6) is -1.51. The predicted molar refractivity (Wildman–Crippen MR) is 82.7 cm³/mol. The van der Waals surface area contributed by atoms with Gasteiger partial charge in [0.05, 0.1) is 19.1 Å². The third-order valence-electron chi connectivity index (χ3n) is 4.40. The largest absolute Gasteiger partial charge is 0.480 e. The van der Waals surface area contributed by atoms with Crippen LogP contribution in [0.2, 0.25) is 0 Å². The minimum atomic E-state index is -1.04. The molecule has 0 aromatic carbocycles. The van der Waals surface area contributed by atoms with Crippen molar-refractivity contribution in [3.05, 3.63) is 0 Å². The number of carboxylic acids is 1. The van der Waals surface area contributed by atoms with E-state index in [-0.39, 0.29) is 24.3 Å². The minimum absolute atomic E-state index is 0.0262. The summed E-state index contributed by atoms with van der Waals surface area (Å²) in [5, 5.41) is 9.26. The lowest BCUT2D eigenvalue weighted by Gasteiger charge is -2.40. The van der Waals surface area contributed by atoms with Gasteiger partial charge < -0.3 is 19.6 Å². The van der Waals surface area contributed by atoms with E-state index in [1.807, 2.05) is 20.8 Å². The van der Waals surface area contributed by atoms with Gasteiger partial charge in [-0.15, -0.1) is 0 Å². The molecule has 2 fully saturated rings. The van der Waals surface area contributed by atoms with Crippen molar-refractivity contribution in [3.8, 4) is 0 Å². The number of morpholine rings is 1. The first-order chi connectivity index (χ1) is 10.7. The van der Waals surface area contributed by atoms with Crippen LogP contribution in [-0.4, -0.2) is 71.6 Å². The van der Waals surface area contributed by atoms with Crippen LogP contribution in [0.3, 0.4) is 0 Å². The van der Waals surface area contributed by atoms with Gasteiger partial charge in [0.2, 0.25) is 11.8 Å². The van der Waals surface area contributed by atoms with Gasteiger partial charge in [-0.05, 0) is 12.8 Å². The first kappa shape index (κ1) is 17.7. The highest BCUT2D eigenvalue weighted by molar-refractivity contribution is 5.87. The molecule has 2 unspecified atom stereocenters. The van der Waals surface area contributed by atoms with Crippen LogP contribution in [0.25, 0.3) is 0 Å². The van der Waals surface area contributed by atoms with Crippen LogP contribution in [-0.2, 0) is 19.1 Å². The highest BCUT2D eigenvalue weighted by Crippen LogP contribution is 2.25. The molecule has 0 aromatic rings. The van der Waals surface area contributed by atoms with Crippen molar-refractivity contribution in [3.63, 3.8) is 0 Å². The number of carboxylic acid groups (broad SMARTS) is 1. The van der Waals surface area contributed by atoms with E-state index in [4.69, 9.17) is 4.74 Å². The molecule has 7 nitrogen and oxygen atoms in total. The van der Waals surface area contributed by atoms with E-state index in [1.54, 1.807) is 4.90 Å². The van der Waals surface area contributed by atoms with Crippen molar-refractivity contribution in [1.82, 2.24) is 9.80 Å². The molecule has 2 saturated heterocycles. The summed E-state index contributed by atoms with van der Waals surface area (Å²) in [6, 6.07) is -0.926. The zero-order valence-corrected chi connectivity index (χ0v) is 14.1. The third-order valence-corrected chi connectivity index (χ3v) is 4.40. The Labute approximate surface area is 136 Å². The molecule has 23 heavy (non-hydrogen) atoms. The van der Waals surface area contributed by atoms with Gasteiger partial charge in [0.25, 0.3) is 0 Å². The molecule has 2 heterocycles. The maximum absolute atomic E-state index is 12.8. The van der Waals surface area contributed by atoms with E-state index in [0.717, 1.165) is 6.42 Å². The van der Waals surface area contributed by atoms with Gasteiger partial charge in [0.15, 0.2) is 6.04 Å². The average molecular weight is 326 g/mol. The van der Waals surface area contributed by atoms with Gasteiger partial charge in [-0.25, -0.2) is 4.79 Å². The van der Waals surface area contributed by atoms with Gasteiger partial charge in [-0.1, -0.05) is 20.8 Å². The molecular weight excluding hydrogens is 300 g/mol. The fourth-order valence-electron chi connectivity index (χ4n) is 3.14. The summed E-state index contributed by atoms with van der Waals surface area (Å²) in [5.41, 5.74) is -0.479. The SMILES string of the molecule is CC(C)(C)C(=O)N1CCCC(C(=O)N2CCOCC2C(=O)O)C1. The Morgan fingerprint density at radius 3 is 2.48 bits per heavy atom. The molecule has 0 bridgehead atoms. The molecule has 0 radical (unpaired) electrons. The number of nitrogens with zero attached hydrogens (tertiary/aromatic N) is 2. The van der Waals surface area contributed by atoms with Gasteiger partial charge >= 0.3 is 5.97 Å². The fourth-order valence-corrected chi connectivity index (χ4v) is 3.14. The highest BCUT2D eigenvalue weighted by atomic mass is 16.5. The van der Waals surface area contributed by atoms with Crippen LogP contribution in [0.15, 0.2) is 0 Å². The molecular formula is C16H26N2O5. The molecule has 1 N–H and O–H groups in total. The zero-order valence-electron chi connectivity index (χ0n) is 14.1. The molecule has 130 valence electrons. The summed E-state index contributed by atoms with van der Waals surface area (Å²) >= 11 is 0. The second-order valence-electron chi connectivity index (χ2n) is 7.30. The molecule has 2 aliphatic heterocycles. The van der Waals surface area contributed by atoms with Crippen molar-refractivity contribution in [2.24, 2.45) is 11.3 Å². The van der Waals surface area contributed by atoms with Gasteiger partial charge in [0.1, 0.15) is 0 Å². The van der Waals surface area contributed by atoms with Crippen molar-refractivity contribution in [2.45, 2.75) is 39.7 Å². The Morgan fingerprint density at radius 2 is 1.87 bits per heavy atom. The van der Waals surface area contributed by atoms with Crippen molar-refractivity contribution >= 4 is 17.8 Å². The number of piperidine rings is 1. The summed E-state index contributed by atoms with van der Waals surface area (Å²) in [7, 11) is 0. The number of rotatable bonds is 2. The van der Waals surface area contributed by atoms with E-state index in [1.165, 1.54) is 4.90 Å². The maximum atomic E-state index is 12.8. The Bertz CT molecular complexity index is 485. The molecule has 0 saturated carbocycles. The number of aliphatic carboxylic acids is 1. The average Bonchev–Trinajstić information content (AvgIpc) is 2.52. The van der Waals surface area contributed by atoms with Crippen LogP contribution < -0.4 is 0 Å². The molecule has 2 atom stereocenters. The molecule has 2 rings (SSSR count). The standard InChI is InChI=1S/C16H26N2O5/c1-16(2,3)15(22)17-6-4-5-11(9-17)13(19)18-7-8-23-10-12(18)14(20)21/h11-12H,4-10H2,1-3H3,(H,20,21). The Balaban J connectivity index is 2.06. The van der Waals surface area contributed by atoms with Gasteiger partial charge in [-0.2, -0.15) is 0 Å². The molecule has 2 aliphatic rings. The predicted octanol–water partition coefficient (Wildman–Crippen LogP) is 0.583. The van der Waals surface area contributed by atoms with Crippen molar-refractivity contribution in [2.75, 3.05) is 32.8 Å². The smallest absolute Gasteiger partial charge is 0.328 e. The molecule has 2 amide bonds. The molecule has 7 heteroatoms. The first-order valence-electron chi connectivity index (χ1n) is 8.12. The quantitative estimate of drug-likeness (QED) is 0.802. The third kappa shape index (κ3) is 4.02. The van der Waals surface area contributed by atoms with E-state index in [0.29, 0.717) is 32.7 Å². The second kappa shape index (κ2) is 6.86. The Hall–Kier alpha value is -1.63. The van der Waals surface area contributed by atoms with E-state index in [9.17, 15) is 19.5 Å². The number of hydrogen-bond acceptors (Lipinski definition) is 4. The Morgan fingerprint density at radius 1 is 1.17 bits per heavy atom. The monoisotopic (exact) mass is 326 g/mol. The van der Waals surface area contributed by atoms with Crippen LogP contribution in [0.5, 0.6) is 0 Å². The lowest BCUT2D eigenvalue weighted by Crippen LogP contribution is -2.56. The van der Waals surface area contributed by atoms with Gasteiger partial charge in [0, 0.05) is 25.0 Å². The van der Waals surface area contributed by atoms with E-state index in [2.05, 4.69) is 0 Å². The van der Waals surface area contributed by atoms with Crippen LogP contribution in [0.1, 0.15) is 33.6 Å². The fraction of sp³-hybridized carbons (Fsp3) is 0.812. The summed E-state index contributed by atoms with van der Waals surface area (Å²) in [4.78, 5) is 39.6. The number of carbonyl (C=O) groups is 3.